The largest absolute Gasteiger partial charge is 0.345 e. The van der Waals surface area contributed by atoms with E-state index in [0.29, 0.717) is 12.1 Å². The van der Waals surface area contributed by atoms with Gasteiger partial charge in [0.1, 0.15) is 5.01 Å². The fourth-order valence-electron chi connectivity index (χ4n) is 1.38. The van der Waals surface area contributed by atoms with Crippen molar-refractivity contribution < 1.29 is 4.79 Å². The number of nitrogens with zero attached hydrogens (tertiary/aromatic N) is 1. The first-order valence-corrected chi connectivity index (χ1v) is 6.78. The summed E-state index contributed by atoms with van der Waals surface area (Å²) in [6.45, 7) is 2.41. The highest BCUT2D eigenvalue weighted by molar-refractivity contribution is 9.10. The van der Waals surface area contributed by atoms with Crippen LogP contribution in [0.4, 0.5) is 0 Å². The van der Waals surface area contributed by atoms with Gasteiger partial charge < -0.3 is 5.32 Å². The molecule has 0 aliphatic rings. The second kappa shape index (κ2) is 5.42. The summed E-state index contributed by atoms with van der Waals surface area (Å²) in [5, 5.41) is 5.74. The van der Waals surface area contributed by atoms with Crippen LogP contribution in [0.1, 0.15) is 21.1 Å². The van der Waals surface area contributed by atoms with E-state index in [0.717, 1.165) is 15.2 Å². The third kappa shape index (κ3) is 3.14. The fraction of sp³-hybridized carbons (Fsp3) is 0.167. The average molecular weight is 311 g/mol. The number of aromatic nitrogens is 1. The molecule has 0 aliphatic carbocycles. The van der Waals surface area contributed by atoms with Gasteiger partial charge in [0.15, 0.2) is 0 Å². The number of carbonyl (C=O) groups excluding carboxylic acids is 1. The highest BCUT2D eigenvalue weighted by Crippen LogP contribution is 2.16. The predicted octanol–water partition coefficient (Wildman–Crippen LogP) is 3.14. The molecule has 0 fully saturated rings. The smallest absolute Gasteiger partial charge is 0.252 e. The van der Waals surface area contributed by atoms with E-state index in [1.54, 1.807) is 17.4 Å². The first kappa shape index (κ1) is 12.3. The molecule has 0 radical (unpaired) electrons. The molecule has 1 N–H and O–H groups in total. The van der Waals surface area contributed by atoms with Gasteiger partial charge in [-0.25, -0.2) is 4.98 Å². The van der Waals surface area contributed by atoms with Crippen molar-refractivity contribution in [3.63, 3.8) is 0 Å². The molecule has 1 aromatic heterocycles. The number of nitrogens with one attached hydrogen (secondary N) is 1. The van der Waals surface area contributed by atoms with Crippen molar-refractivity contribution >= 4 is 33.2 Å². The van der Waals surface area contributed by atoms with Crippen LogP contribution < -0.4 is 5.32 Å². The van der Waals surface area contributed by atoms with Gasteiger partial charge in [0.05, 0.1) is 12.1 Å². The molecule has 5 heteroatoms. The molecule has 0 unspecified atom stereocenters. The number of rotatable bonds is 3. The number of carbonyl (C=O) groups is 1. The summed E-state index contributed by atoms with van der Waals surface area (Å²) in [4.78, 5) is 16.2. The molecule has 0 atom stereocenters. The number of thiazole rings is 1. The van der Waals surface area contributed by atoms with Crippen LogP contribution in [0.15, 0.2) is 34.1 Å². The maximum Gasteiger partial charge on any atom is 0.252 e. The molecule has 2 rings (SSSR count). The molecular weight excluding hydrogens is 300 g/mol. The van der Waals surface area contributed by atoms with Gasteiger partial charge in [0.25, 0.3) is 5.91 Å². The summed E-state index contributed by atoms with van der Waals surface area (Å²) in [6.07, 6.45) is 0. The van der Waals surface area contributed by atoms with Gasteiger partial charge in [0.2, 0.25) is 0 Å². The van der Waals surface area contributed by atoms with Gasteiger partial charge in [-0.15, -0.1) is 11.3 Å². The molecule has 0 saturated carbocycles. The number of halogens is 1. The maximum absolute atomic E-state index is 11.9. The third-order valence-corrected chi connectivity index (χ3v) is 3.84. The second-order valence-electron chi connectivity index (χ2n) is 3.55. The van der Waals surface area contributed by atoms with Crippen LogP contribution in [-0.2, 0) is 6.54 Å². The summed E-state index contributed by atoms with van der Waals surface area (Å²) in [7, 11) is 0. The topological polar surface area (TPSA) is 42.0 Å². The van der Waals surface area contributed by atoms with E-state index < -0.39 is 0 Å². The molecule has 0 aliphatic heterocycles. The van der Waals surface area contributed by atoms with Gasteiger partial charge in [-0.3, -0.25) is 4.79 Å². The van der Waals surface area contributed by atoms with Crippen LogP contribution in [0.3, 0.4) is 0 Å². The van der Waals surface area contributed by atoms with E-state index in [9.17, 15) is 4.79 Å². The zero-order chi connectivity index (χ0) is 12.3. The Morgan fingerprint density at radius 2 is 2.24 bits per heavy atom. The minimum absolute atomic E-state index is 0.0923. The SMILES string of the molecule is Cc1csc(CNC(=O)c2ccccc2Br)n1. The highest BCUT2D eigenvalue weighted by Gasteiger charge is 2.09. The lowest BCUT2D eigenvalue weighted by Gasteiger charge is -2.04. The average Bonchev–Trinajstić information content (AvgIpc) is 2.73. The van der Waals surface area contributed by atoms with Crippen LogP contribution in [0, 0.1) is 6.92 Å². The van der Waals surface area contributed by atoms with Gasteiger partial charge in [-0.1, -0.05) is 12.1 Å². The quantitative estimate of drug-likeness (QED) is 0.946. The molecule has 17 heavy (non-hydrogen) atoms. The van der Waals surface area contributed by atoms with Crippen LogP contribution >= 0.6 is 27.3 Å². The molecule has 88 valence electrons. The number of hydrogen-bond acceptors (Lipinski definition) is 3. The van der Waals surface area contributed by atoms with Crippen molar-refractivity contribution in [1.82, 2.24) is 10.3 Å². The van der Waals surface area contributed by atoms with E-state index >= 15 is 0 Å². The summed E-state index contributed by atoms with van der Waals surface area (Å²) in [5.41, 5.74) is 1.63. The fourth-order valence-corrected chi connectivity index (χ4v) is 2.56. The van der Waals surface area contributed by atoms with Crippen molar-refractivity contribution in [1.29, 1.82) is 0 Å². The monoisotopic (exact) mass is 310 g/mol. The summed E-state index contributed by atoms with van der Waals surface area (Å²) >= 11 is 4.91. The summed E-state index contributed by atoms with van der Waals surface area (Å²) < 4.78 is 0.799. The number of benzene rings is 1. The van der Waals surface area contributed by atoms with Gasteiger partial charge in [0, 0.05) is 15.5 Å². The molecule has 1 aromatic carbocycles. The van der Waals surface area contributed by atoms with Crippen molar-refractivity contribution in [3.05, 3.63) is 50.4 Å². The Balaban J connectivity index is 2.01. The molecule has 2 aromatic rings. The van der Waals surface area contributed by atoms with E-state index in [-0.39, 0.29) is 5.91 Å². The van der Waals surface area contributed by atoms with Crippen molar-refractivity contribution in [2.75, 3.05) is 0 Å². The Labute approximate surface area is 112 Å². The van der Waals surface area contributed by atoms with Gasteiger partial charge >= 0.3 is 0 Å². The lowest BCUT2D eigenvalue weighted by atomic mass is 10.2. The number of hydrogen-bond donors (Lipinski definition) is 1. The van der Waals surface area contributed by atoms with Crippen LogP contribution in [0.2, 0.25) is 0 Å². The molecule has 3 nitrogen and oxygen atoms in total. The van der Waals surface area contributed by atoms with Crippen molar-refractivity contribution in [3.8, 4) is 0 Å². The summed E-state index contributed by atoms with van der Waals surface area (Å²) in [6, 6.07) is 7.35. The van der Waals surface area contributed by atoms with Gasteiger partial charge in [-0.05, 0) is 35.0 Å². The third-order valence-electron chi connectivity index (χ3n) is 2.19. The zero-order valence-corrected chi connectivity index (χ0v) is 11.6. The second-order valence-corrected chi connectivity index (χ2v) is 5.34. The first-order chi connectivity index (χ1) is 8.16. The molecule has 1 amide bonds. The first-order valence-electron chi connectivity index (χ1n) is 5.10. The lowest BCUT2D eigenvalue weighted by Crippen LogP contribution is -2.23. The Morgan fingerprint density at radius 3 is 2.88 bits per heavy atom. The van der Waals surface area contributed by atoms with E-state index in [4.69, 9.17) is 0 Å². The predicted molar refractivity (Wildman–Crippen MR) is 72.2 cm³/mol. The molecular formula is C12H11BrN2OS. The maximum atomic E-state index is 11.9. The number of amides is 1. The number of aryl methyl sites for hydroxylation is 1. The minimum Gasteiger partial charge on any atom is -0.345 e. The Hall–Kier alpha value is -1.20. The van der Waals surface area contributed by atoms with E-state index in [2.05, 4.69) is 26.2 Å². The minimum atomic E-state index is -0.0923. The molecule has 1 heterocycles. The molecule has 0 spiro atoms. The lowest BCUT2D eigenvalue weighted by molar-refractivity contribution is 0.0950. The Morgan fingerprint density at radius 1 is 1.47 bits per heavy atom. The molecule has 0 bridgehead atoms. The normalized spacial score (nSPS) is 10.2. The highest BCUT2D eigenvalue weighted by atomic mass is 79.9. The van der Waals surface area contributed by atoms with E-state index in [1.807, 2.05) is 30.5 Å². The van der Waals surface area contributed by atoms with Crippen LogP contribution in [0.25, 0.3) is 0 Å². The summed E-state index contributed by atoms with van der Waals surface area (Å²) in [5.74, 6) is -0.0923. The van der Waals surface area contributed by atoms with E-state index in [1.165, 1.54) is 0 Å². The Bertz CT molecular complexity index is 539. The van der Waals surface area contributed by atoms with Gasteiger partial charge in [-0.2, -0.15) is 0 Å². The van der Waals surface area contributed by atoms with Crippen molar-refractivity contribution in [2.45, 2.75) is 13.5 Å². The van der Waals surface area contributed by atoms with Crippen molar-refractivity contribution in [2.24, 2.45) is 0 Å². The zero-order valence-electron chi connectivity index (χ0n) is 9.24. The van der Waals surface area contributed by atoms with Crippen LogP contribution in [0.5, 0.6) is 0 Å². The standard InChI is InChI=1S/C12H11BrN2OS/c1-8-7-17-11(15-8)6-14-12(16)9-4-2-3-5-10(9)13/h2-5,7H,6H2,1H3,(H,14,16). The Kier molecular flexibility index (Phi) is 3.91. The van der Waals surface area contributed by atoms with Crippen LogP contribution in [-0.4, -0.2) is 10.9 Å². The molecule has 0 saturated heterocycles.